The van der Waals surface area contributed by atoms with Crippen LogP contribution in [0, 0.1) is 6.92 Å². The number of anilines is 1. The topological polar surface area (TPSA) is 46.4 Å². The molecule has 5 heteroatoms. The van der Waals surface area contributed by atoms with Gasteiger partial charge in [-0.1, -0.05) is 19.3 Å². The van der Waals surface area contributed by atoms with Crippen molar-refractivity contribution in [2.75, 3.05) is 5.32 Å². The van der Waals surface area contributed by atoms with Crippen molar-refractivity contribution in [2.24, 2.45) is 0 Å². The summed E-state index contributed by atoms with van der Waals surface area (Å²) in [6.45, 7) is 2.10. The third-order valence-corrected chi connectivity index (χ3v) is 4.20. The molecule has 108 valence electrons. The average Bonchev–Trinajstić information content (AvgIpc) is 3.22. The fourth-order valence-electron chi connectivity index (χ4n) is 1.92. The Kier molecular flexibility index (Phi) is 4.01. The number of aryl methyl sites for hydroxylation is 1. The fourth-order valence-corrected chi connectivity index (χ4v) is 2.84. The molecule has 1 N–H and O–H groups in total. The summed E-state index contributed by atoms with van der Waals surface area (Å²) in [6, 6.07) is 6.10. The van der Waals surface area contributed by atoms with E-state index in [4.69, 9.17) is 0 Å². The van der Waals surface area contributed by atoms with Gasteiger partial charge in [-0.3, -0.25) is 4.79 Å². The third kappa shape index (κ3) is 3.31. The second kappa shape index (κ2) is 6.10. The van der Waals surface area contributed by atoms with Gasteiger partial charge in [0.05, 0.1) is 6.20 Å². The van der Waals surface area contributed by atoms with Crippen molar-refractivity contribution in [2.45, 2.75) is 26.2 Å². The minimum Gasteiger partial charge on any atom is -0.312 e. The zero-order valence-corrected chi connectivity index (χ0v) is 12.7. The van der Waals surface area contributed by atoms with Gasteiger partial charge in [-0.15, -0.1) is 11.3 Å². The summed E-state index contributed by atoms with van der Waals surface area (Å²) in [5, 5.41) is 4.64. The van der Waals surface area contributed by atoms with E-state index in [2.05, 4.69) is 28.7 Å². The van der Waals surface area contributed by atoms with Crippen LogP contribution in [0.4, 0.5) is 5.82 Å². The maximum atomic E-state index is 10.4. The molecule has 4 rings (SSSR count). The summed E-state index contributed by atoms with van der Waals surface area (Å²) in [4.78, 5) is 15.9. The highest BCUT2D eigenvalue weighted by Crippen LogP contribution is 2.29. The highest BCUT2D eigenvalue weighted by molar-refractivity contribution is 7.13. The third-order valence-electron chi connectivity index (χ3n) is 3.14. The Morgan fingerprint density at radius 3 is 2.67 bits per heavy atom. The second-order valence-corrected chi connectivity index (χ2v) is 5.98. The number of carbonyl (C=O) groups is 1. The Hall–Kier alpha value is -2.14. The van der Waals surface area contributed by atoms with E-state index in [9.17, 15) is 4.79 Å². The highest BCUT2D eigenvalue weighted by Gasteiger charge is 2.06. The van der Waals surface area contributed by atoms with Gasteiger partial charge in [0.15, 0.2) is 5.82 Å². The lowest BCUT2D eigenvalue weighted by molar-refractivity contribution is -0.105. The number of rotatable bonds is 3. The van der Waals surface area contributed by atoms with Crippen LogP contribution in [0.2, 0.25) is 0 Å². The van der Waals surface area contributed by atoms with E-state index in [1.165, 1.54) is 29.7 Å². The molecule has 3 heterocycles. The first-order chi connectivity index (χ1) is 10.3. The number of aromatic nitrogens is 2. The van der Waals surface area contributed by atoms with Gasteiger partial charge in [-0.05, 0) is 36.1 Å². The monoisotopic (exact) mass is 299 g/mol. The number of pyridine rings is 1. The number of imidazole rings is 1. The van der Waals surface area contributed by atoms with Gasteiger partial charge in [0.2, 0.25) is 6.41 Å². The molecule has 3 aromatic rings. The molecule has 0 unspecified atom stereocenters. The zero-order chi connectivity index (χ0) is 14.7. The van der Waals surface area contributed by atoms with E-state index in [0.717, 1.165) is 11.2 Å². The van der Waals surface area contributed by atoms with Crippen LogP contribution in [0.1, 0.15) is 24.8 Å². The summed E-state index contributed by atoms with van der Waals surface area (Å²) in [7, 11) is 0. The fraction of sp³-hybridized carbons (Fsp3) is 0.250. The van der Waals surface area contributed by atoms with Crippen molar-refractivity contribution in [3.05, 3.63) is 41.5 Å². The molecular weight excluding hydrogens is 282 g/mol. The van der Waals surface area contributed by atoms with Gasteiger partial charge < -0.3 is 9.72 Å². The predicted molar refractivity (Wildman–Crippen MR) is 86.8 cm³/mol. The van der Waals surface area contributed by atoms with Crippen molar-refractivity contribution < 1.29 is 4.79 Å². The van der Waals surface area contributed by atoms with Crippen LogP contribution in [-0.2, 0) is 4.79 Å². The molecule has 1 aliphatic rings. The van der Waals surface area contributed by atoms with Gasteiger partial charge in [0.25, 0.3) is 0 Å². The molecule has 1 fully saturated rings. The van der Waals surface area contributed by atoms with E-state index in [1.54, 1.807) is 17.5 Å². The van der Waals surface area contributed by atoms with Crippen LogP contribution in [0.25, 0.3) is 16.1 Å². The molecule has 0 aliphatic heterocycles. The lowest BCUT2D eigenvalue weighted by Crippen LogP contribution is -1.92. The molecule has 0 bridgehead atoms. The molecule has 0 radical (unpaired) electrons. The predicted octanol–water partition coefficient (Wildman–Crippen LogP) is 4.11. The van der Waals surface area contributed by atoms with Crippen LogP contribution in [-0.4, -0.2) is 15.8 Å². The van der Waals surface area contributed by atoms with Crippen molar-refractivity contribution in [3.8, 4) is 10.4 Å². The van der Waals surface area contributed by atoms with Crippen molar-refractivity contribution in [3.63, 3.8) is 0 Å². The van der Waals surface area contributed by atoms with Gasteiger partial charge in [0.1, 0.15) is 5.65 Å². The lowest BCUT2D eigenvalue weighted by Gasteiger charge is -2.00. The molecular formula is C16H17N3OS. The quantitative estimate of drug-likeness (QED) is 0.740. The molecule has 21 heavy (non-hydrogen) atoms. The number of hydrogen-bond acceptors (Lipinski definition) is 3. The van der Waals surface area contributed by atoms with Crippen molar-refractivity contribution >= 4 is 29.2 Å². The summed E-state index contributed by atoms with van der Waals surface area (Å²) >= 11 is 1.72. The first-order valence-electron chi connectivity index (χ1n) is 7.01. The summed E-state index contributed by atoms with van der Waals surface area (Å²) in [5.74, 6) is 0.560. The molecule has 1 aliphatic carbocycles. The second-order valence-electron chi connectivity index (χ2n) is 5.06. The Bertz CT molecular complexity index is 755. The van der Waals surface area contributed by atoms with E-state index in [1.807, 2.05) is 22.7 Å². The normalized spacial score (nSPS) is 12.6. The molecule has 0 spiro atoms. The van der Waals surface area contributed by atoms with E-state index in [-0.39, 0.29) is 0 Å². The standard InChI is InChI=1S/C13H11N3OS.C3H6/c1-9-4-5-18-13(9)10-2-3-12-15-11(14-8-17)7-16(12)6-10;1-2-3-1/h2-8H,1H3,(H,14,17);1-3H2. The Labute approximate surface area is 127 Å². The summed E-state index contributed by atoms with van der Waals surface area (Å²) in [5.41, 5.74) is 3.24. The van der Waals surface area contributed by atoms with Gasteiger partial charge in [0, 0.05) is 16.6 Å². The zero-order valence-electron chi connectivity index (χ0n) is 11.9. The highest BCUT2D eigenvalue weighted by atomic mass is 32.1. The van der Waals surface area contributed by atoms with Crippen LogP contribution < -0.4 is 5.32 Å². The number of thiophene rings is 1. The maximum Gasteiger partial charge on any atom is 0.212 e. The van der Waals surface area contributed by atoms with Gasteiger partial charge in [-0.2, -0.15) is 0 Å². The van der Waals surface area contributed by atoms with Crippen molar-refractivity contribution in [1.29, 1.82) is 0 Å². The average molecular weight is 299 g/mol. The minimum absolute atomic E-state index is 0.560. The first kappa shape index (κ1) is 13.8. The Morgan fingerprint density at radius 1 is 1.24 bits per heavy atom. The lowest BCUT2D eigenvalue weighted by atomic mass is 10.2. The van der Waals surface area contributed by atoms with Crippen LogP contribution in [0.15, 0.2) is 36.0 Å². The molecule has 0 aromatic carbocycles. The summed E-state index contributed by atoms with van der Waals surface area (Å²) in [6.07, 6.45) is 8.96. The number of amides is 1. The van der Waals surface area contributed by atoms with Gasteiger partial charge in [-0.25, -0.2) is 4.98 Å². The Balaban J connectivity index is 0.000000393. The Morgan fingerprint density at radius 2 is 2.05 bits per heavy atom. The van der Waals surface area contributed by atoms with Crippen LogP contribution in [0.5, 0.6) is 0 Å². The first-order valence-corrected chi connectivity index (χ1v) is 7.89. The van der Waals surface area contributed by atoms with Crippen LogP contribution >= 0.6 is 11.3 Å². The molecule has 4 nitrogen and oxygen atoms in total. The van der Waals surface area contributed by atoms with E-state index >= 15 is 0 Å². The number of nitrogens with one attached hydrogen (secondary N) is 1. The molecule has 3 aromatic heterocycles. The van der Waals surface area contributed by atoms with E-state index in [0.29, 0.717) is 12.2 Å². The SMILES string of the molecule is C1CC1.Cc1ccsc1-c1ccc2nc(NC=O)cn2c1. The number of carbonyl (C=O) groups excluding carboxylic acids is 1. The largest absolute Gasteiger partial charge is 0.312 e. The molecule has 1 saturated carbocycles. The molecule has 1 amide bonds. The number of hydrogen-bond donors (Lipinski definition) is 1. The van der Waals surface area contributed by atoms with E-state index < -0.39 is 0 Å². The molecule has 0 saturated heterocycles. The minimum atomic E-state index is 0.560. The molecule has 0 atom stereocenters. The number of fused-ring (bicyclic) bond motifs is 1. The maximum absolute atomic E-state index is 10.4. The smallest absolute Gasteiger partial charge is 0.212 e. The van der Waals surface area contributed by atoms with Crippen molar-refractivity contribution in [1.82, 2.24) is 9.38 Å². The number of nitrogens with zero attached hydrogens (tertiary/aromatic N) is 2. The summed E-state index contributed by atoms with van der Waals surface area (Å²) < 4.78 is 1.92. The van der Waals surface area contributed by atoms with Gasteiger partial charge >= 0.3 is 0 Å². The van der Waals surface area contributed by atoms with Crippen LogP contribution in [0.3, 0.4) is 0 Å².